The average molecular weight is 309 g/mol. The highest BCUT2D eigenvalue weighted by atomic mass is 79.9. The monoisotopic (exact) mass is 307 g/mol. The molecule has 5 heteroatoms. The van der Waals surface area contributed by atoms with E-state index in [1.54, 1.807) is 19.2 Å². The summed E-state index contributed by atoms with van der Waals surface area (Å²) in [6.07, 6.45) is 0. The molecule has 0 atom stereocenters. The minimum atomic E-state index is -0.302. The van der Waals surface area contributed by atoms with Crippen LogP contribution in [-0.4, -0.2) is 11.9 Å². The number of ether oxygens (including phenoxy) is 1. The van der Waals surface area contributed by atoms with Crippen LogP contribution in [0.25, 0.3) is 0 Å². The van der Waals surface area contributed by atoms with Crippen LogP contribution < -0.4 is 10.1 Å². The van der Waals surface area contributed by atoms with Crippen LogP contribution in [0.5, 0.6) is 5.75 Å². The van der Waals surface area contributed by atoms with Crippen LogP contribution in [0.3, 0.4) is 0 Å². The highest BCUT2D eigenvalue weighted by Gasteiger charge is 2.04. The number of methoxy groups -OCH3 is 1. The van der Waals surface area contributed by atoms with Crippen molar-refractivity contribution in [2.24, 2.45) is 0 Å². The molecule has 0 heterocycles. The Labute approximate surface area is 92.7 Å². The van der Waals surface area contributed by atoms with Crippen molar-refractivity contribution in [1.82, 2.24) is 0 Å². The second kappa shape index (κ2) is 4.62. The van der Waals surface area contributed by atoms with Gasteiger partial charge in [-0.25, -0.2) is 0 Å². The van der Waals surface area contributed by atoms with Gasteiger partial charge in [0.1, 0.15) is 5.75 Å². The van der Waals surface area contributed by atoms with Crippen molar-refractivity contribution in [3.05, 3.63) is 22.7 Å². The first-order chi connectivity index (χ1) is 6.13. The number of rotatable bonds is 2. The molecule has 1 rings (SSSR count). The van der Waals surface area contributed by atoms with Crippen molar-refractivity contribution in [1.29, 1.82) is 0 Å². The standard InChI is InChI=1S/C8H7Br2NO2/c1-13-7-3-2-5(9)4-6(7)11-8(10)12/h2-4H,1H3,(H,11,12). The first-order valence-electron chi connectivity index (χ1n) is 3.43. The zero-order valence-electron chi connectivity index (χ0n) is 6.80. The van der Waals surface area contributed by atoms with Gasteiger partial charge < -0.3 is 10.1 Å². The molecule has 0 aromatic heterocycles. The van der Waals surface area contributed by atoms with E-state index in [2.05, 4.69) is 37.2 Å². The number of carbonyl (C=O) groups is 1. The minimum absolute atomic E-state index is 0.302. The van der Waals surface area contributed by atoms with E-state index in [4.69, 9.17) is 4.74 Å². The average Bonchev–Trinajstić information content (AvgIpc) is 2.03. The van der Waals surface area contributed by atoms with E-state index in [-0.39, 0.29) is 4.82 Å². The third-order valence-corrected chi connectivity index (χ3v) is 2.09. The fourth-order valence-corrected chi connectivity index (χ4v) is 1.46. The molecule has 1 amide bonds. The Kier molecular flexibility index (Phi) is 3.74. The Morgan fingerprint density at radius 3 is 2.77 bits per heavy atom. The molecular weight excluding hydrogens is 302 g/mol. The van der Waals surface area contributed by atoms with E-state index in [0.717, 1.165) is 4.47 Å². The van der Waals surface area contributed by atoms with E-state index in [0.29, 0.717) is 11.4 Å². The number of benzene rings is 1. The van der Waals surface area contributed by atoms with E-state index in [1.807, 2.05) is 6.07 Å². The molecule has 0 aliphatic carbocycles. The molecule has 13 heavy (non-hydrogen) atoms. The maximum absolute atomic E-state index is 10.7. The van der Waals surface area contributed by atoms with Gasteiger partial charge in [0.05, 0.1) is 12.8 Å². The molecule has 0 saturated carbocycles. The Bertz CT molecular complexity index is 328. The molecule has 0 bridgehead atoms. The van der Waals surface area contributed by atoms with Crippen molar-refractivity contribution in [3.8, 4) is 5.75 Å². The normalized spacial score (nSPS) is 9.46. The molecule has 0 aliphatic heterocycles. The van der Waals surface area contributed by atoms with Gasteiger partial charge in [-0.2, -0.15) is 0 Å². The third kappa shape index (κ3) is 3.00. The molecule has 1 N–H and O–H groups in total. The van der Waals surface area contributed by atoms with Gasteiger partial charge in [-0.05, 0) is 18.2 Å². The maximum Gasteiger partial charge on any atom is 0.291 e. The topological polar surface area (TPSA) is 38.3 Å². The number of hydrogen-bond donors (Lipinski definition) is 1. The molecule has 1 aromatic rings. The van der Waals surface area contributed by atoms with Gasteiger partial charge in [-0.3, -0.25) is 4.79 Å². The van der Waals surface area contributed by atoms with Gasteiger partial charge >= 0.3 is 0 Å². The van der Waals surface area contributed by atoms with Crippen molar-refractivity contribution in [2.45, 2.75) is 0 Å². The Morgan fingerprint density at radius 1 is 1.54 bits per heavy atom. The minimum Gasteiger partial charge on any atom is -0.495 e. The molecule has 0 spiro atoms. The summed E-state index contributed by atoms with van der Waals surface area (Å²) in [6.45, 7) is 0. The van der Waals surface area contributed by atoms with Gasteiger partial charge in [-0.15, -0.1) is 0 Å². The molecule has 0 radical (unpaired) electrons. The summed E-state index contributed by atoms with van der Waals surface area (Å²) >= 11 is 6.07. The van der Waals surface area contributed by atoms with Crippen LogP contribution in [0.2, 0.25) is 0 Å². The number of nitrogens with one attached hydrogen (secondary N) is 1. The van der Waals surface area contributed by atoms with Crippen LogP contribution in [0, 0.1) is 0 Å². The van der Waals surface area contributed by atoms with Crippen molar-refractivity contribution < 1.29 is 9.53 Å². The van der Waals surface area contributed by atoms with Crippen molar-refractivity contribution in [2.75, 3.05) is 12.4 Å². The van der Waals surface area contributed by atoms with Crippen LogP contribution in [-0.2, 0) is 0 Å². The summed E-state index contributed by atoms with van der Waals surface area (Å²) < 4.78 is 5.92. The molecule has 1 aromatic carbocycles. The third-order valence-electron chi connectivity index (χ3n) is 1.39. The number of amides is 1. The lowest BCUT2D eigenvalue weighted by molar-refractivity contribution is 0.270. The fraction of sp³-hybridized carbons (Fsp3) is 0.125. The quantitative estimate of drug-likeness (QED) is 0.672. The van der Waals surface area contributed by atoms with Gasteiger partial charge in [0, 0.05) is 20.4 Å². The van der Waals surface area contributed by atoms with Crippen LogP contribution in [0.1, 0.15) is 0 Å². The number of carbonyl (C=O) groups excluding carboxylic acids is 1. The second-order valence-electron chi connectivity index (χ2n) is 2.24. The Balaban J connectivity index is 3.01. The molecule has 70 valence electrons. The summed E-state index contributed by atoms with van der Waals surface area (Å²) in [7, 11) is 1.55. The van der Waals surface area contributed by atoms with Crippen molar-refractivity contribution in [3.63, 3.8) is 0 Å². The lowest BCUT2D eigenvalue weighted by Crippen LogP contribution is -2.02. The number of halogens is 2. The molecule has 0 fully saturated rings. The number of anilines is 1. The van der Waals surface area contributed by atoms with E-state index < -0.39 is 0 Å². The Hall–Kier alpha value is -0.550. The summed E-state index contributed by atoms with van der Waals surface area (Å²) in [6, 6.07) is 5.36. The molecule has 3 nitrogen and oxygen atoms in total. The molecule has 0 aliphatic rings. The summed E-state index contributed by atoms with van der Waals surface area (Å²) in [5.74, 6) is 0.621. The SMILES string of the molecule is COc1ccc(Br)cc1NC(=O)Br. The lowest BCUT2D eigenvalue weighted by Gasteiger charge is -2.07. The largest absolute Gasteiger partial charge is 0.495 e. The molecular formula is C8H7Br2NO2. The van der Waals surface area contributed by atoms with Gasteiger partial charge in [0.25, 0.3) is 4.82 Å². The molecule has 0 saturated heterocycles. The van der Waals surface area contributed by atoms with Gasteiger partial charge in [0.2, 0.25) is 0 Å². The first kappa shape index (κ1) is 10.5. The summed E-state index contributed by atoms with van der Waals surface area (Å²) in [5, 5.41) is 2.59. The zero-order chi connectivity index (χ0) is 9.84. The lowest BCUT2D eigenvalue weighted by atomic mass is 10.3. The maximum atomic E-state index is 10.7. The predicted octanol–water partition coefficient (Wildman–Crippen LogP) is 3.38. The second-order valence-corrected chi connectivity index (χ2v) is 3.88. The van der Waals surface area contributed by atoms with Crippen LogP contribution in [0.15, 0.2) is 22.7 Å². The van der Waals surface area contributed by atoms with Crippen LogP contribution in [0.4, 0.5) is 10.5 Å². The van der Waals surface area contributed by atoms with Crippen LogP contribution >= 0.6 is 31.9 Å². The molecule has 0 unspecified atom stereocenters. The fourth-order valence-electron chi connectivity index (χ4n) is 0.884. The van der Waals surface area contributed by atoms with E-state index >= 15 is 0 Å². The smallest absolute Gasteiger partial charge is 0.291 e. The van der Waals surface area contributed by atoms with Gasteiger partial charge in [0.15, 0.2) is 0 Å². The van der Waals surface area contributed by atoms with Crippen molar-refractivity contribution >= 4 is 42.4 Å². The first-order valence-corrected chi connectivity index (χ1v) is 5.02. The highest BCUT2D eigenvalue weighted by molar-refractivity contribution is 9.18. The van der Waals surface area contributed by atoms with E-state index in [1.165, 1.54) is 0 Å². The van der Waals surface area contributed by atoms with Gasteiger partial charge in [-0.1, -0.05) is 15.9 Å². The zero-order valence-corrected chi connectivity index (χ0v) is 9.98. The summed E-state index contributed by atoms with van der Waals surface area (Å²) in [4.78, 5) is 10.4. The number of hydrogen-bond acceptors (Lipinski definition) is 2. The van der Waals surface area contributed by atoms with E-state index in [9.17, 15) is 4.79 Å². The summed E-state index contributed by atoms with van der Waals surface area (Å²) in [5.41, 5.74) is 0.624. The Morgan fingerprint density at radius 2 is 2.23 bits per heavy atom. The predicted molar refractivity (Wildman–Crippen MR) is 58.6 cm³/mol. The highest BCUT2D eigenvalue weighted by Crippen LogP contribution is 2.28.